The standard InChI is InChI=1S/C23H30O4/c1-4-22-10-8-17-16-7-6-15(25)12-19(16)21(26)13-18(17)20(22)9-11-23(22,5-2)27-14(3)24/h2,12,16-18,20-21,26H,4,6-11,13H2,1,3H3/t16?,17?,18?,20?,21-,22+,23+/m1/s1. The van der Waals surface area contributed by atoms with Crippen LogP contribution in [0.2, 0.25) is 0 Å². The molecule has 0 spiro atoms. The third kappa shape index (κ3) is 2.54. The molecule has 0 bridgehead atoms. The van der Waals surface area contributed by atoms with Gasteiger partial charge in [0.05, 0.1) is 6.10 Å². The van der Waals surface area contributed by atoms with Gasteiger partial charge in [0.25, 0.3) is 0 Å². The van der Waals surface area contributed by atoms with Crippen molar-refractivity contribution in [1.29, 1.82) is 0 Å². The monoisotopic (exact) mass is 370 g/mol. The van der Waals surface area contributed by atoms with Crippen LogP contribution in [0.3, 0.4) is 0 Å². The molecule has 0 amide bonds. The first-order valence-electron chi connectivity index (χ1n) is 10.5. The molecule has 3 saturated carbocycles. The van der Waals surface area contributed by atoms with E-state index in [0.717, 1.165) is 37.7 Å². The Hall–Kier alpha value is -1.60. The van der Waals surface area contributed by atoms with Gasteiger partial charge in [0, 0.05) is 18.8 Å². The maximum Gasteiger partial charge on any atom is 0.304 e. The second kappa shape index (κ2) is 6.48. The van der Waals surface area contributed by atoms with Crippen LogP contribution >= 0.6 is 0 Å². The van der Waals surface area contributed by atoms with Crippen molar-refractivity contribution < 1.29 is 19.4 Å². The Morgan fingerprint density at radius 2 is 2.11 bits per heavy atom. The van der Waals surface area contributed by atoms with Crippen molar-refractivity contribution in [2.45, 2.75) is 76.9 Å². The summed E-state index contributed by atoms with van der Waals surface area (Å²) in [5, 5.41) is 10.8. The number of rotatable bonds is 2. The molecule has 7 atom stereocenters. The topological polar surface area (TPSA) is 63.6 Å². The van der Waals surface area contributed by atoms with Crippen LogP contribution in [0, 0.1) is 41.4 Å². The van der Waals surface area contributed by atoms with Gasteiger partial charge in [-0.25, -0.2) is 0 Å². The minimum atomic E-state index is -0.813. The van der Waals surface area contributed by atoms with E-state index in [1.807, 2.05) is 0 Å². The number of ketones is 1. The maximum atomic E-state index is 11.9. The molecule has 146 valence electrons. The predicted molar refractivity (Wildman–Crippen MR) is 101 cm³/mol. The van der Waals surface area contributed by atoms with Crippen LogP contribution in [0.1, 0.15) is 65.2 Å². The molecule has 4 nitrogen and oxygen atoms in total. The average Bonchev–Trinajstić information content (AvgIpc) is 2.97. The number of terminal acetylenes is 1. The Labute approximate surface area is 161 Å². The van der Waals surface area contributed by atoms with Crippen molar-refractivity contribution in [3.8, 4) is 12.3 Å². The van der Waals surface area contributed by atoms with Crippen molar-refractivity contribution in [3.05, 3.63) is 11.6 Å². The van der Waals surface area contributed by atoms with Gasteiger partial charge >= 0.3 is 5.97 Å². The van der Waals surface area contributed by atoms with Crippen LogP contribution < -0.4 is 0 Å². The molecule has 0 saturated heterocycles. The Balaban J connectivity index is 1.71. The molecule has 4 rings (SSSR count). The quantitative estimate of drug-likeness (QED) is 0.597. The van der Waals surface area contributed by atoms with E-state index in [0.29, 0.717) is 42.9 Å². The van der Waals surface area contributed by atoms with Crippen molar-refractivity contribution >= 4 is 11.8 Å². The fourth-order valence-corrected chi connectivity index (χ4v) is 7.37. The van der Waals surface area contributed by atoms with Crippen LogP contribution in [-0.4, -0.2) is 28.6 Å². The van der Waals surface area contributed by atoms with Gasteiger partial charge in [-0.2, -0.15) is 0 Å². The predicted octanol–water partition coefficient (Wildman–Crippen LogP) is 3.42. The molecular weight excluding hydrogens is 340 g/mol. The summed E-state index contributed by atoms with van der Waals surface area (Å²) in [4.78, 5) is 23.7. The number of fused-ring (bicyclic) bond motifs is 5. The first-order valence-corrected chi connectivity index (χ1v) is 10.5. The van der Waals surface area contributed by atoms with E-state index in [1.165, 1.54) is 6.92 Å². The largest absolute Gasteiger partial charge is 0.445 e. The van der Waals surface area contributed by atoms with Gasteiger partial charge in [0.15, 0.2) is 11.4 Å². The molecule has 0 aliphatic heterocycles. The molecule has 0 aromatic carbocycles. The molecule has 4 aliphatic rings. The Kier molecular flexibility index (Phi) is 4.50. The Bertz CT molecular complexity index is 731. The number of aliphatic hydroxyl groups excluding tert-OH is 1. The zero-order chi connectivity index (χ0) is 19.4. The lowest BCUT2D eigenvalue weighted by molar-refractivity contribution is -0.171. The molecule has 0 aromatic heterocycles. The van der Waals surface area contributed by atoms with E-state index in [1.54, 1.807) is 6.08 Å². The molecule has 27 heavy (non-hydrogen) atoms. The fraction of sp³-hybridized carbons (Fsp3) is 0.739. The zero-order valence-corrected chi connectivity index (χ0v) is 16.4. The van der Waals surface area contributed by atoms with Crippen molar-refractivity contribution in [2.75, 3.05) is 0 Å². The highest BCUT2D eigenvalue weighted by Gasteiger charge is 2.66. The molecule has 4 unspecified atom stereocenters. The first-order chi connectivity index (χ1) is 12.9. The fourth-order valence-electron chi connectivity index (χ4n) is 7.37. The number of hydrogen-bond donors (Lipinski definition) is 1. The van der Waals surface area contributed by atoms with Crippen molar-refractivity contribution in [1.82, 2.24) is 0 Å². The molecule has 3 fully saturated rings. The summed E-state index contributed by atoms with van der Waals surface area (Å²) in [6.45, 7) is 3.61. The molecule has 0 aromatic rings. The first kappa shape index (κ1) is 18.7. The van der Waals surface area contributed by atoms with E-state index >= 15 is 0 Å². The van der Waals surface area contributed by atoms with Crippen molar-refractivity contribution in [2.24, 2.45) is 29.1 Å². The average molecular weight is 370 g/mol. The number of esters is 1. The van der Waals surface area contributed by atoms with Gasteiger partial charge in [-0.15, -0.1) is 6.42 Å². The van der Waals surface area contributed by atoms with Crippen molar-refractivity contribution in [3.63, 3.8) is 0 Å². The zero-order valence-electron chi connectivity index (χ0n) is 16.4. The highest BCUT2D eigenvalue weighted by atomic mass is 16.6. The third-order valence-electron chi connectivity index (χ3n) is 8.35. The Morgan fingerprint density at radius 3 is 2.78 bits per heavy atom. The smallest absolute Gasteiger partial charge is 0.304 e. The molecule has 4 aliphatic carbocycles. The lowest BCUT2D eigenvalue weighted by atomic mass is 9.49. The summed E-state index contributed by atoms with van der Waals surface area (Å²) in [5.41, 5.74) is -0.0370. The van der Waals surface area contributed by atoms with E-state index in [-0.39, 0.29) is 17.2 Å². The summed E-state index contributed by atoms with van der Waals surface area (Å²) < 4.78 is 5.85. The third-order valence-corrected chi connectivity index (χ3v) is 8.35. The van der Waals surface area contributed by atoms with Crippen LogP contribution in [0.5, 0.6) is 0 Å². The summed E-state index contributed by atoms with van der Waals surface area (Å²) in [7, 11) is 0. The van der Waals surface area contributed by atoms with Gasteiger partial charge in [-0.05, 0) is 80.3 Å². The maximum absolute atomic E-state index is 11.9. The van der Waals surface area contributed by atoms with Gasteiger partial charge in [0.2, 0.25) is 0 Å². The molecule has 1 N–H and O–H groups in total. The summed E-state index contributed by atoms with van der Waals surface area (Å²) >= 11 is 0. The normalized spacial score (nSPS) is 45.8. The highest BCUT2D eigenvalue weighted by Crippen LogP contribution is 2.67. The SMILES string of the molecule is C#C[C@]1(OC(C)=O)CCC2C3C[C@@H](O)C4=CC(=O)CCC4C3CC[C@@]21CC. The number of carbonyl (C=O) groups is 2. The highest BCUT2D eigenvalue weighted by molar-refractivity contribution is 5.91. The molecule has 4 heteroatoms. The van der Waals surface area contributed by atoms with Crippen LogP contribution in [0.4, 0.5) is 0 Å². The summed E-state index contributed by atoms with van der Waals surface area (Å²) in [6.07, 6.45) is 13.9. The number of carbonyl (C=O) groups excluding carboxylic acids is 2. The molecule has 0 heterocycles. The van der Waals surface area contributed by atoms with E-state index in [4.69, 9.17) is 11.2 Å². The van der Waals surface area contributed by atoms with Gasteiger partial charge in [-0.3, -0.25) is 9.59 Å². The summed E-state index contributed by atoms with van der Waals surface area (Å²) in [6, 6.07) is 0. The minimum absolute atomic E-state index is 0.152. The van der Waals surface area contributed by atoms with E-state index < -0.39 is 11.7 Å². The number of ether oxygens (including phenoxy) is 1. The van der Waals surface area contributed by atoms with Gasteiger partial charge < -0.3 is 9.84 Å². The van der Waals surface area contributed by atoms with Crippen LogP contribution in [-0.2, 0) is 14.3 Å². The van der Waals surface area contributed by atoms with Gasteiger partial charge in [0.1, 0.15) is 0 Å². The van der Waals surface area contributed by atoms with E-state index in [9.17, 15) is 14.7 Å². The second-order valence-electron chi connectivity index (χ2n) is 9.09. The Morgan fingerprint density at radius 1 is 1.33 bits per heavy atom. The molecular formula is C23H30O4. The van der Waals surface area contributed by atoms with Crippen LogP contribution in [0.25, 0.3) is 0 Å². The second-order valence-corrected chi connectivity index (χ2v) is 9.09. The van der Waals surface area contributed by atoms with E-state index in [2.05, 4.69) is 12.8 Å². The minimum Gasteiger partial charge on any atom is -0.445 e. The van der Waals surface area contributed by atoms with Gasteiger partial charge in [-0.1, -0.05) is 12.8 Å². The lowest BCUT2D eigenvalue weighted by Crippen LogP contribution is -2.56. The number of hydrogen-bond acceptors (Lipinski definition) is 4. The molecule has 0 radical (unpaired) electrons. The summed E-state index contributed by atoms with van der Waals surface area (Å²) in [5.74, 6) is 4.33. The van der Waals surface area contributed by atoms with Crippen LogP contribution in [0.15, 0.2) is 11.6 Å². The number of aliphatic hydroxyl groups is 1. The lowest BCUT2D eigenvalue weighted by Gasteiger charge is -2.57.